The van der Waals surface area contributed by atoms with E-state index >= 15 is 0 Å². The molecule has 5 heterocycles. The summed E-state index contributed by atoms with van der Waals surface area (Å²) in [6, 6.07) is 0. The smallest absolute Gasteiger partial charge is 0.187 e. The predicted molar refractivity (Wildman–Crippen MR) is 208 cm³/mol. The van der Waals surface area contributed by atoms with Crippen LogP contribution in [-0.4, -0.2) is 165 Å². The van der Waals surface area contributed by atoms with Crippen molar-refractivity contribution in [3.8, 4) is 0 Å². The van der Waals surface area contributed by atoms with E-state index in [2.05, 4.69) is 33.8 Å². The van der Waals surface area contributed by atoms with Crippen molar-refractivity contribution in [1.29, 1.82) is 0 Å². The molecule has 0 radical (unpaired) electrons. The van der Waals surface area contributed by atoms with Crippen molar-refractivity contribution in [2.24, 2.45) is 46.3 Å². The molecule has 25 atom stereocenters. The summed E-state index contributed by atoms with van der Waals surface area (Å²) in [6.45, 7) is 10.9. The van der Waals surface area contributed by atoms with Crippen LogP contribution in [-0.2, 0) is 37.9 Å². The minimum Gasteiger partial charge on any atom is -0.394 e. The number of aliphatic hydroxyl groups excluding tert-OH is 8. The number of hydrogen-bond donors (Lipinski definition) is 8. The number of hydrogen-bond acceptors (Lipinski definition) is 16. The molecule has 0 bridgehead atoms. The molecule has 60 heavy (non-hydrogen) atoms. The molecule has 1 unspecified atom stereocenters. The van der Waals surface area contributed by atoms with Gasteiger partial charge >= 0.3 is 0 Å². The van der Waals surface area contributed by atoms with Crippen molar-refractivity contribution in [1.82, 2.24) is 0 Å². The molecule has 16 nitrogen and oxygen atoms in total. The summed E-state index contributed by atoms with van der Waals surface area (Å²) in [5.74, 6) is 2.65. The van der Waals surface area contributed by atoms with Crippen LogP contribution in [0, 0.1) is 46.3 Å². The Hall–Kier alpha value is -0.900. The van der Waals surface area contributed by atoms with Gasteiger partial charge in [-0.3, -0.25) is 0 Å². The molecular weight excluding hydrogens is 784 g/mol. The van der Waals surface area contributed by atoms with Gasteiger partial charge in [-0.05, 0) is 98.7 Å². The van der Waals surface area contributed by atoms with Crippen molar-refractivity contribution in [3.05, 3.63) is 11.6 Å². The third kappa shape index (κ3) is 7.19. The van der Waals surface area contributed by atoms with Crippen molar-refractivity contribution < 1.29 is 78.7 Å². The number of aliphatic hydroxyl groups is 8. The average Bonchev–Trinajstić information content (AvgIpc) is 3.68. The Morgan fingerprint density at radius 1 is 0.733 bits per heavy atom. The van der Waals surface area contributed by atoms with E-state index in [1.807, 2.05) is 0 Å². The van der Waals surface area contributed by atoms with Gasteiger partial charge in [-0.15, -0.1) is 0 Å². The molecule has 0 amide bonds. The Morgan fingerprint density at radius 3 is 2.22 bits per heavy atom. The Kier molecular flexibility index (Phi) is 12.2. The molecule has 1 spiro atoms. The highest BCUT2D eigenvalue weighted by atomic mass is 16.8. The summed E-state index contributed by atoms with van der Waals surface area (Å²) in [7, 11) is 0. The van der Waals surface area contributed by atoms with Gasteiger partial charge in [-0.1, -0.05) is 39.3 Å². The molecule has 9 aliphatic rings. The lowest BCUT2D eigenvalue weighted by atomic mass is 9.47. The second-order valence-electron chi connectivity index (χ2n) is 20.6. The highest BCUT2D eigenvalue weighted by molar-refractivity contribution is 5.26. The zero-order chi connectivity index (χ0) is 42.6. The van der Waals surface area contributed by atoms with Crippen LogP contribution in [0.25, 0.3) is 0 Å². The molecule has 8 N–H and O–H groups in total. The SMILES string of the molecule is C[C@@H]1CC[C@@]2(OC1)O[C@H]1C[C@H]3[C@@H]4CC=C5C[C@@H](O[C@@H]6O[C@H](CO)[C@@H](O[C@@H]7OC[C@@H](O)[C@H](O)[C@H]7O)[C@H](O)[C@H]6O[C@@H]6O[C@@H](C)[C@H](O)[C@@H](O)[C@H]6O)CC[C@]5(C)[C@H]4CC[C@]3(C)C1[C@@H]2C. The number of allylic oxidation sites excluding steroid dienone is 1. The lowest BCUT2D eigenvalue weighted by Gasteiger charge is -2.58. The lowest BCUT2D eigenvalue weighted by Crippen LogP contribution is -2.66. The first kappa shape index (κ1) is 44.3. The van der Waals surface area contributed by atoms with Gasteiger partial charge in [0, 0.05) is 12.3 Å². The normalized spacial score (nSPS) is 57.9. The molecule has 0 aromatic heterocycles. The fourth-order valence-corrected chi connectivity index (χ4v) is 13.7. The topological polar surface area (TPSA) is 236 Å². The number of ether oxygens (including phenoxy) is 8. The maximum Gasteiger partial charge on any atom is 0.187 e. The van der Waals surface area contributed by atoms with Crippen LogP contribution in [0.1, 0.15) is 92.4 Å². The summed E-state index contributed by atoms with van der Waals surface area (Å²) >= 11 is 0. The van der Waals surface area contributed by atoms with Gasteiger partial charge < -0.3 is 78.7 Å². The Balaban J connectivity index is 0.913. The molecule has 8 fully saturated rings. The minimum atomic E-state index is -1.70. The van der Waals surface area contributed by atoms with Crippen LogP contribution in [0.2, 0.25) is 0 Å². The zero-order valence-electron chi connectivity index (χ0n) is 35.6. The van der Waals surface area contributed by atoms with Crippen LogP contribution < -0.4 is 0 Å². The van der Waals surface area contributed by atoms with E-state index in [1.54, 1.807) is 0 Å². The molecule has 342 valence electrons. The van der Waals surface area contributed by atoms with Gasteiger partial charge in [0.25, 0.3) is 0 Å². The van der Waals surface area contributed by atoms with Gasteiger partial charge in [0.1, 0.15) is 61.0 Å². The number of fused-ring (bicyclic) bond motifs is 7. The monoisotopic (exact) mass is 854 g/mol. The van der Waals surface area contributed by atoms with Gasteiger partial charge in [-0.2, -0.15) is 0 Å². The van der Waals surface area contributed by atoms with Gasteiger partial charge in [0.05, 0.1) is 38.1 Å². The molecule has 3 saturated carbocycles. The Labute approximate surface area is 352 Å². The standard InChI is InChI=1S/C44H70O16/c1-19-8-13-44(54-17-19)20(2)30-28(60-44)15-26-24-7-6-22-14-23(9-11-42(22,4)25(24)10-12-43(26,30)5)56-41-38(59-40-35(51)33(49)31(47)21(3)55-40)36(52)37(29(16-45)57-41)58-39-34(50)32(48)27(46)18-53-39/h6,19-21,23-41,45-52H,7-18H2,1-5H3/t19-,20+,21+,23+,24-,25+,26+,27-,28+,29-,30?,31+,32+,33-,34-,35-,36+,37-,38-,39+,40+,41-,42+,43+,44-/m1/s1. The third-order valence-electron chi connectivity index (χ3n) is 17.3. The molecule has 4 aliphatic carbocycles. The molecule has 5 saturated heterocycles. The maximum atomic E-state index is 11.9. The van der Waals surface area contributed by atoms with Crippen LogP contribution in [0.15, 0.2) is 11.6 Å². The lowest BCUT2D eigenvalue weighted by molar-refractivity contribution is -0.385. The first-order chi connectivity index (χ1) is 28.5. The van der Waals surface area contributed by atoms with Gasteiger partial charge in [0.2, 0.25) is 0 Å². The van der Waals surface area contributed by atoms with Crippen LogP contribution in [0.5, 0.6) is 0 Å². The van der Waals surface area contributed by atoms with E-state index in [0.717, 1.165) is 45.1 Å². The van der Waals surface area contributed by atoms with Crippen molar-refractivity contribution in [3.63, 3.8) is 0 Å². The van der Waals surface area contributed by atoms with Gasteiger partial charge in [0.15, 0.2) is 24.7 Å². The highest BCUT2D eigenvalue weighted by Crippen LogP contribution is 2.70. The fraction of sp³-hybridized carbons (Fsp3) is 0.955. The predicted octanol–water partition coefficient (Wildman–Crippen LogP) is 0.853. The Morgan fingerprint density at radius 2 is 1.48 bits per heavy atom. The largest absolute Gasteiger partial charge is 0.394 e. The summed E-state index contributed by atoms with van der Waals surface area (Å²) in [4.78, 5) is 0. The first-order valence-electron chi connectivity index (χ1n) is 22.8. The molecule has 5 aliphatic heterocycles. The van der Waals surface area contributed by atoms with Crippen LogP contribution >= 0.6 is 0 Å². The van der Waals surface area contributed by atoms with E-state index in [0.29, 0.717) is 48.3 Å². The summed E-state index contributed by atoms with van der Waals surface area (Å²) in [5, 5.41) is 85.1. The van der Waals surface area contributed by atoms with Crippen molar-refractivity contribution >= 4 is 0 Å². The summed E-state index contributed by atoms with van der Waals surface area (Å²) in [5.41, 5.74) is 1.54. The van der Waals surface area contributed by atoms with Crippen molar-refractivity contribution in [2.45, 2.75) is 196 Å². The van der Waals surface area contributed by atoms with E-state index < -0.39 is 98.4 Å². The molecule has 0 aromatic rings. The summed E-state index contributed by atoms with van der Waals surface area (Å²) in [6.07, 6.45) is -9.25. The minimum absolute atomic E-state index is 0.0142. The zero-order valence-corrected chi connectivity index (χ0v) is 35.6. The third-order valence-corrected chi connectivity index (χ3v) is 17.3. The van der Waals surface area contributed by atoms with E-state index in [4.69, 9.17) is 37.9 Å². The maximum absolute atomic E-state index is 11.9. The highest BCUT2D eigenvalue weighted by Gasteiger charge is 2.69. The second kappa shape index (κ2) is 16.5. The summed E-state index contributed by atoms with van der Waals surface area (Å²) < 4.78 is 49.8. The molecule has 0 aromatic carbocycles. The van der Waals surface area contributed by atoms with E-state index in [9.17, 15) is 40.9 Å². The first-order valence-corrected chi connectivity index (χ1v) is 22.8. The van der Waals surface area contributed by atoms with Crippen molar-refractivity contribution in [2.75, 3.05) is 19.8 Å². The molecule has 9 rings (SSSR count). The van der Waals surface area contributed by atoms with Gasteiger partial charge in [-0.25, -0.2) is 0 Å². The average molecular weight is 855 g/mol. The van der Waals surface area contributed by atoms with Crippen LogP contribution in [0.4, 0.5) is 0 Å². The van der Waals surface area contributed by atoms with Crippen LogP contribution in [0.3, 0.4) is 0 Å². The molecular formula is C44H70O16. The van der Waals surface area contributed by atoms with E-state index in [1.165, 1.54) is 18.9 Å². The second-order valence-corrected chi connectivity index (χ2v) is 20.6. The fourth-order valence-electron chi connectivity index (χ4n) is 13.7. The quantitative estimate of drug-likeness (QED) is 0.166. The number of rotatable bonds is 7. The molecule has 16 heteroatoms. The van der Waals surface area contributed by atoms with E-state index in [-0.39, 0.29) is 29.6 Å². The Bertz CT molecular complexity index is 1560.